The van der Waals surface area contributed by atoms with Crippen LogP contribution in [0.5, 0.6) is 17.2 Å². The van der Waals surface area contributed by atoms with Crippen LogP contribution in [0.25, 0.3) is 0 Å². The fourth-order valence-corrected chi connectivity index (χ4v) is 3.72. The number of fused-ring (bicyclic) bond motifs is 1. The first-order chi connectivity index (χ1) is 14.6. The molecule has 0 spiro atoms. The summed E-state index contributed by atoms with van der Waals surface area (Å²) in [5.41, 5.74) is 6.67. The second kappa shape index (κ2) is 8.69. The van der Waals surface area contributed by atoms with Crippen LogP contribution in [-0.4, -0.2) is 57.9 Å². The third kappa shape index (κ3) is 4.50. The molecule has 0 aromatic heterocycles. The molecule has 10 nitrogen and oxygen atoms in total. The van der Waals surface area contributed by atoms with Crippen molar-refractivity contribution in [1.82, 2.24) is 4.90 Å². The van der Waals surface area contributed by atoms with E-state index in [0.29, 0.717) is 11.1 Å². The number of likely N-dealkylation sites (tertiary alicyclic amines) is 1. The van der Waals surface area contributed by atoms with E-state index >= 15 is 0 Å². The van der Waals surface area contributed by atoms with Gasteiger partial charge in [-0.2, -0.15) is 0 Å². The summed E-state index contributed by atoms with van der Waals surface area (Å²) in [4.78, 5) is 25.7. The fourth-order valence-electron chi connectivity index (χ4n) is 3.72. The number of phenolic OH excluding ortho intramolecular Hbond substituents is 1. The van der Waals surface area contributed by atoms with E-state index in [1.54, 1.807) is 18.2 Å². The number of ether oxygens (including phenoxy) is 1. The molecule has 11 heteroatoms. The van der Waals surface area contributed by atoms with Gasteiger partial charge in [-0.05, 0) is 35.7 Å². The molecule has 0 radical (unpaired) electrons. The van der Waals surface area contributed by atoms with Gasteiger partial charge in [-0.1, -0.05) is 31.9 Å². The monoisotopic (exact) mass is 444 g/mol. The highest BCUT2D eigenvalue weighted by Crippen LogP contribution is 2.38. The smallest absolute Gasteiger partial charge is 0.430 e. The van der Waals surface area contributed by atoms with E-state index < -0.39 is 30.4 Å². The van der Waals surface area contributed by atoms with Gasteiger partial charge in [-0.15, -0.1) is 0 Å². The summed E-state index contributed by atoms with van der Waals surface area (Å²) < 4.78 is 10.8. The third-order valence-corrected chi connectivity index (χ3v) is 5.47. The number of phenols is 1. The van der Waals surface area contributed by atoms with Crippen LogP contribution in [0.15, 0.2) is 36.4 Å². The molecule has 0 bridgehead atoms. The fraction of sp³-hybridized carbons (Fsp3) is 0.333. The first-order valence-electron chi connectivity index (χ1n) is 9.81. The predicted molar refractivity (Wildman–Crippen MR) is 113 cm³/mol. The Kier molecular flexibility index (Phi) is 6.35. The third-order valence-electron chi connectivity index (χ3n) is 5.47. The predicted octanol–water partition coefficient (Wildman–Crippen LogP) is -0.460. The Labute approximate surface area is 184 Å². The van der Waals surface area contributed by atoms with Crippen molar-refractivity contribution in [1.29, 1.82) is 0 Å². The minimum atomic E-state index is -3.15. The lowest BCUT2D eigenvalue weighted by atomic mass is 9.70. The standard InChI is InChI=1S/C20H22BN2O8.CH4/c22-17(11-1-4-13(24)5-2-11)19(25)23-9-14(10-23)30-15-6-3-12-7-8-21(28,29)31-18(12)16(15)20(26)27;/h1-6,14,17,24,28-29H,7-10,22H2,(H,26,27);1H4/q-1;/p-1/t17-;/m0./s1. The summed E-state index contributed by atoms with van der Waals surface area (Å²) in [5.74, 6) is -2.03. The van der Waals surface area contributed by atoms with Gasteiger partial charge in [0.1, 0.15) is 23.6 Å². The molecule has 0 unspecified atom stereocenters. The van der Waals surface area contributed by atoms with Crippen molar-refractivity contribution < 1.29 is 39.2 Å². The van der Waals surface area contributed by atoms with Crippen molar-refractivity contribution in [2.24, 2.45) is 5.73 Å². The van der Waals surface area contributed by atoms with Gasteiger partial charge in [0.25, 0.3) is 0 Å². The van der Waals surface area contributed by atoms with Crippen molar-refractivity contribution in [3.05, 3.63) is 53.1 Å². The van der Waals surface area contributed by atoms with Gasteiger partial charge < -0.3 is 45.1 Å². The molecule has 4 rings (SSSR count). The largest absolute Gasteiger partial charge is 0.669 e. The molecule has 0 aliphatic carbocycles. The Bertz CT molecular complexity index is 1020. The van der Waals surface area contributed by atoms with Crippen LogP contribution in [0.2, 0.25) is 6.32 Å². The maximum atomic E-state index is 12.6. The summed E-state index contributed by atoms with van der Waals surface area (Å²) in [6, 6.07) is 8.18. The van der Waals surface area contributed by atoms with Crippen molar-refractivity contribution in [2.75, 3.05) is 13.1 Å². The van der Waals surface area contributed by atoms with E-state index in [9.17, 15) is 29.9 Å². The lowest BCUT2D eigenvalue weighted by Gasteiger charge is -2.41. The maximum Gasteiger partial charge on any atom is 0.430 e. The number of benzene rings is 2. The first kappa shape index (κ1) is 23.4. The highest BCUT2D eigenvalue weighted by molar-refractivity contribution is 6.59. The molecule has 1 atom stereocenters. The Morgan fingerprint density at radius 1 is 1.19 bits per heavy atom. The summed E-state index contributed by atoms with van der Waals surface area (Å²) in [6.07, 6.45) is -0.279. The molecule has 0 saturated carbocycles. The Morgan fingerprint density at radius 2 is 1.84 bits per heavy atom. The van der Waals surface area contributed by atoms with Crippen LogP contribution in [-0.2, 0) is 11.2 Å². The van der Waals surface area contributed by atoms with Crippen LogP contribution < -0.4 is 20.2 Å². The number of rotatable bonds is 5. The van der Waals surface area contributed by atoms with E-state index in [4.69, 9.17) is 15.1 Å². The molecule has 1 amide bonds. The maximum absolute atomic E-state index is 12.6. The lowest BCUT2D eigenvalue weighted by molar-refractivity contribution is -0.255. The Morgan fingerprint density at radius 3 is 2.47 bits per heavy atom. The number of carbonyl (C=O) groups is 2. The van der Waals surface area contributed by atoms with Gasteiger partial charge in [0.2, 0.25) is 5.91 Å². The van der Waals surface area contributed by atoms with E-state index in [0.717, 1.165) is 0 Å². The van der Waals surface area contributed by atoms with Crippen molar-refractivity contribution in [2.45, 2.75) is 32.3 Å². The Hall–Kier alpha value is -3.28. The van der Waals surface area contributed by atoms with Crippen LogP contribution >= 0.6 is 0 Å². The Balaban J connectivity index is 0.00000289. The number of carboxylic acid groups (broad SMARTS) is 1. The molecule has 5 N–H and O–H groups in total. The minimum absolute atomic E-state index is 0. The number of nitrogens with two attached hydrogens (primary N) is 1. The number of aromatic hydroxyl groups is 1. The lowest BCUT2D eigenvalue weighted by Crippen LogP contribution is -2.58. The van der Waals surface area contributed by atoms with Crippen LogP contribution in [0.1, 0.15) is 35.0 Å². The van der Waals surface area contributed by atoms with Crippen molar-refractivity contribution >= 4 is 18.6 Å². The molecular formula is C21H25BN2O8-2. The topological polar surface area (TPSA) is 166 Å². The average molecular weight is 444 g/mol. The molecule has 2 aromatic rings. The van der Waals surface area contributed by atoms with Crippen molar-refractivity contribution in [3.63, 3.8) is 0 Å². The molecule has 1 fully saturated rings. The molecule has 2 aliphatic heterocycles. The van der Waals surface area contributed by atoms with Gasteiger partial charge in [-0.3, -0.25) is 4.79 Å². The highest BCUT2D eigenvalue weighted by Gasteiger charge is 2.37. The second-order valence-electron chi connectivity index (χ2n) is 7.78. The zero-order chi connectivity index (χ0) is 22.3. The van der Waals surface area contributed by atoms with E-state index in [1.807, 2.05) is 0 Å². The summed E-state index contributed by atoms with van der Waals surface area (Å²) in [5, 5.41) is 40.6. The quantitative estimate of drug-likeness (QED) is 0.447. The molecule has 2 aliphatic rings. The van der Waals surface area contributed by atoms with Gasteiger partial charge in [0.05, 0.1) is 30.4 Å². The van der Waals surface area contributed by atoms with Gasteiger partial charge in [0.15, 0.2) is 0 Å². The normalized spacial score (nSPS) is 17.8. The van der Waals surface area contributed by atoms with Gasteiger partial charge in [0, 0.05) is 0 Å². The summed E-state index contributed by atoms with van der Waals surface area (Å²) in [7, 11) is 0. The number of nitrogens with zero attached hydrogens (tertiary/aromatic N) is 1. The molecule has 2 aromatic carbocycles. The zero-order valence-corrected chi connectivity index (χ0v) is 16.4. The number of hydrogen-bond donors (Lipinski definition) is 4. The zero-order valence-electron chi connectivity index (χ0n) is 16.4. The van der Waals surface area contributed by atoms with E-state index in [1.165, 1.54) is 23.1 Å². The van der Waals surface area contributed by atoms with Gasteiger partial charge >= 0.3 is 6.75 Å². The number of amides is 1. The molecular weight excluding hydrogens is 419 g/mol. The summed E-state index contributed by atoms with van der Waals surface area (Å²) >= 11 is 0. The van der Waals surface area contributed by atoms with Gasteiger partial charge in [-0.25, -0.2) is 0 Å². The van der Waals surface area contributed by atoms with Crippen molar-refractivity contribution in [3.8, 4) is 17.2 Å². The molecule has 32 heavy (non-hydrogen) atoms. The minimum Gasteiger partial charge on any atom is -0.669 e. The summed E-state index contributed by atoms with van der Waals surface area (Å²) in [6.45, 7) is -2.76. The van der Waals surface area contributed by atoms with Crippen LogP contribution in [0, 0.1) is 0 Å². The van der Waals surface area contributed by atoms with E-state index in [-0.39, 0.29) is 56.4 Å². The number of hydrogen-bond acceptors (Lipinski definition) is 9. The molecule has 1 saturated heterocycles. The van der Waals surface area contributed by atoms with Crippen LogP contribution in [0.3, 0.4) is 0 Å². The average Bonchev–Trinajstić information content (AvgIpc) is 2.68. The number of carboxylic acids is 1. The first-order valence-corrected chi connectivity index (χ1v) is 9.81. The molecule has 172 valence electrons. The SMILES string of the molecule is C.N[C@H](C(=O)N1CC(Oc2ccc3c(c2C(=O)[O-])O[B-](O)(O)CC3)C1)c1ccc(O)cc1. The highest BCUT2D eigenvalue weighted by atomic mass is 16.6. The number of aryl methyl sites for hydroxylation is 1. The second-order valence-corrected chi connectivity index (χ2v) is 7.78. The van der Waals surface area contributed by atoms with Crippen LogP contribution in [0.4, 0.5) is 0 Å². The number of aromatic carboxylic acids is 1. The molecule has 2 heterocycles. The van der Waals surface area contributed by atoms with E-state index in [2.05, 4.69) is 0 Å². The number of carbonyl (C=O) groups excluding carboxylic acids is 2.